The summed E-state index contributed by atoms with van der Waals surface area (Å²) in [5.74, 6) is 0.859. The van der Waals surface area contributed by atoms with E-state index in [0.717, 1.165) is 18.7 Å². The highest BCUT2D eigenvalue weighted by Gasteiger charge is 2.31. The van der Waals surface area contributed by atoms with Gasteiger partial charge in [-0.1, -0.05) is 17.7 Å². The summed E-state index contributed by atoms with van der Waals surface area (Å²) in [5.41, 5.74) is 0.778. The quantitative estimate of drug-likeness (QED) is 0.792. The van der Waals surface area contributed by atoms with Crippen LogP contribution in [0.2, 0.25) is 5.15 Å². The molecule has 0 radical (unpaired) electrons. The van der Waals surface area contributed by atoms with Crippen LogP contribution in [-0.2, 0) is 4.79 Å². The molecular formula is C13H16ClN3O2. The Morgan fingerprint density at radius 1 is 1.58 bits per heavy atom. The molecule has 6 heteroatoms. The molecule has 0 aliphatic carbocycles. The number of nitrogens with zero attached hydrogens (tertiary/aromatic N) is 3. The van der Waals surface area contributed by atoms with Crippen molar-refractivity contribution in [1.82, 2.24) is 14.9 Å². The normalized spacial score (nSPS) is 16.2. The number of aromatic nitrogens is 2. The molecule has 1 fully saturated rings. The number of allylic oxidation sites excluding steroid dienone is 1. The second-order valence-electron chi connectivity index (χ2n) is 4.54. The largest absolute Gasteiger partial charge is 0.476 e. The Kier molecular flexibility index (Phi) is 4.37. The maximum atomic E-state index is 11.8. The number of ether oxygens (including phenoxy) is 1. The van der Waals surface area contributed by atoms with Crippen LogP contribution in [0.5, 0.6) is 5.88 Å². The zero-order valence-corrected chi connectivity index (χ0v) is 11.7. The van der Waals surface area contributed by atoms with E-state index in [0.29, 0.717) is 23.6 Å². The van der Waals surface area contributed by atoms with Crippen LogP contribution in [0.3, 0.4) is 0 Å². The van der Waals surface area contributed by atoms with Crippen molar-refractivity contribution in [2.75, 3.05) is 19.7 Å². The lowest BCUT2D eigenvalue weighted by Gasteiger charge is -2.39. The molecule has 0 N–H and O–H groups in total. The van der Waals surface area contributed by atoms with Crippen LogP contribution in [0.1, 0.15) is 13.8 Å². The summed E-state index contributed by atoms with van der Waals surface area (Å²) in [4.78, 5) is 21.5. The SMILES string of the molecule is C/C=C(\C)C(=O)N1CC(COc2cncc(Cl)n2)C1. The fourth-order valence-corrected chi connectivity index (χ4v) is 1.95. The van der Waals surface area contributed by atoms with Crippen molar-refractivity contribution >= 4 is 17.5 Å². The summed E-state index contributed by atoms with van der Waals surface area (Å²) in [5, 5.41) is 0.312. The van der Waals surface area contributed by atoms with Gasteiger partial charge in [-0.2, -0.15) is 4.98 Å². The summed E-state index contributed by atoms with van der Waals surface area (Å²) >= 11 is 5.71. The number of hydrogen-bond donors (Lipinski definition) is 0. The Hall–Kier alpha value is -1.62. The van der Waals surface area contributed by atoms with Crippen molar-refractivity contribution in [1.29, 1.82) is 0 Å². The third-order valence-electron chi connectivity index (χ3n) is 3.06. The Balaban J connectivity index is 1.75. The minimum Gasteiger partial charge on any atom is -0.476 e. The van der Waals surface area contributed by atoms with Crippen molar-refractivity contribution in [2.24, 2.45) is 5.92 Å². The molecule has 5 nitrogen and oxygen atoms in total. The average molecular weight is 282 g/mol. The predicted octanol–water partition coefficient (Wildman–Crippen LogP) is 1.93. The van der Waals surface area contributed by atoms with Crippen molar-refractivity contribution in [2.45, 2.75) is 13.8 Å². The lowest BCUT2D eigenvalue weighted by Crippen LogP contribution is -2.52. The average Bonchev–Trinajstić information content (AvgIpc) is 2.35. The minimum absolute atomic E-state index is 0.0984. The van der Waals surface area contributed by atoms with Gasteiger partial charge in [0.15, 0.2) is 5.15 Å². The molecule has 0 unspecified atom stereocenters. The molecule has 19 heavy (non-hydrogen) atoms. The highest BCUT2D eigenvalue weighted by atomic mass is 35.5. The molecule has 0 bridgehead atoms. The third-order valence-corrected chi connectivity index (χ3v) is 3.25. The third kappa shape index (κ3) is 3.44. The molecule has 0 saturated carbocycles. The number of likely N-dealkylation sites (tertiary alicyclic amines) is 1. The van der Waals surface area contributed by atoms with E-state index in [1.165, 1.54) is 12.4 Å². The van der Waals surface area contributed by atoms with E-state index < -0.39 is 0 Å². The highest BCUT2D eigenvalue weighted by Crippen LogP contribution is 2.19. The zero-order valence-electron chi connectivity index (χ0n) is 11.0. The van der Waals surface area contributed by atoms with Crippen molar-refractivity contribution in [3.8, 4) is 5.88 Å². The van der Waals surface area contributed by atoms with Gasteiger partial charge < -0.3 is 9.64 Å². The van der Waals surface area contributed by atoms with Gasteiger partial charge in [-0.05, 0) is 13.8 Å². The van der Waals surface area contributed by atoms with Gasteiger partial charge in [0.25, 0.3) is 0 Å². The van der Waals surface area contributed by atoms with Crippen LogP contribution in [0, 0.1) is 5.92 Å². The standard InChI is InChI=1S/C13H16ClN3O2/c1-3-9(2)13(18)17-6-10(7-17)8-19-12-5-15-4-11(14)16-12/h3-5,10H,6-8H2,1-2H3/b9-3+. The first-order chi connectivity index (χ1) is 9.10. The lowest BCUT2D eigenvalue weighted by molar-refractivity contribution is -0.133. The van der Waals surface area contributed by atoms with Crippen molar-refractivity contribution < 1.29 is 9.53 Å². The molecule has 1 aliphatic rings. The molecule has 0 spiro atoms. The smallest absolute Gasteiger partial charge is 0.249 e. The van der Waals surface area contributed by atoms with Crippen molar-refractivity contribution in [3.63, 3.8) is 0 Å². The maximum Gasteiger partial charge on any atom is 0.249 e. The molecule has 1 aliphatic heterocycles. The van der Waals surface area contributed by atoms with Gasteiger partial charge in [-0.3, -0.25) is 9.78 Å². The van der Waals surface area contributed by atoms with Crippen LogP contribution in [0.15, 0.2) is 24.0 Å². The minimum atomic E-state index is 0.0984. The van der Waals surface area contributed by atoms with Crippen LogP contribution in [-0.4, -0.2) is 40.5 Å². The summed E-state index contributed by atoms with van der Waals surface area (Å²) in [6.07, 6.45) is 4.81. The molecule has 1 aromatic heterocycles. The van der Waals surface area contributed by atoms with E-state index >= 15 is 0 Å². The van der Waals surface area contributed by atoms with Gasteiger partial charge in [-0.15, -0.1) is 0 Å². The Bertz CT molecular complexity index is 498. The van der Waals surface area contributed by atoms with Crippen molar-refractivity contribution in [3.05, 3.63) is 29.2 Å². The molecular weight excluding hydrogens is 266 g/mol. The number of amides is 1. The van der Waals surface area contributed by atoms with Gasteiger partial charge in [-0.25, -0.2) is 0 Å². The number of halogens is 1. The molecule has 2 rings (SSSR count). The molecule has 1 amide bonds. The van der Waals surface area contributed by atoms with E-state index in [9.17, 15) is 4.79 Å². The zero-order chi connectivity index (χ0) is 13.8. The van der Waals surface area contributed by atoms with Gasteiger partial charge in [0, 0.05) is 24.6 Å². The number of carbonyl (C=O) groups excluding carboxylic acids is 1. The molecule has 2 heterocycles. The number of hydrogen-bond acceptors (Lipinski definition) is 4. The number of rotatable bonds is 4. The molecule has 1 aromatic rings. The Morgan fingerprint density at radius 3 is 2.95 bits per heavy atom. The van der Waals surface area contributed by atoms with Gasteiger partial charge in [0.2, 0.25) is 11.8 Å². The van der Waals surface area contributed by atoms with Crippen LogP contribution >= 0.6 is 11.6 Å². The predicted molar refractivity (Wildman–Crippen MR) is 72.0 cm³/mol. The highest BCUT2D eigenvalue weighted by molar-refractivity contribution is 6.29. The van der Waals surface area contributed by atoms with Crippen LogP contribution in [0.25, 0.3) is 0 Å². The van der Waals surface area contributed by atoms with E-state index in [2.05, 4.69) is 9.97 Å². The first-order valence-corrected chi connectivity index (χ1v) is 6.50. The first kappa shape index (κ1) is 13.8. The molecule has 0 aromatic carbocycles. The van der Waals surface area contributed by atoms with Gasteiger partial charge in [0.05, 0.1) is 19.0 Å². The summed E-state index contributed by atoms with van der Waals surface area (Å²) in [6, 6.07) is 0. The monoisotopic (exact) mass is 281 g/mol. The van der Waals surface area contributed by atoms with E-state index in [1.54, 1.807) is 0 Å². The Morgan fingerprint density at radius 2 is 2.32 bits per heavy atom. The summed E-state index contributed by atoms with van der Waals surface area (Å²) < 4.78 is 5.49. The summed E-state index contributed by atoms with van der Waals surface area (Å²) in [7, 11) is 0. The second-order valence-corrected chi connectivity index (χ2v) is 4.93. The maximum absolute atomic E-state index is 11.8. The van der Waals surface area contributed by atoms with Gasteiger partial charge >= 0.3 is 0 Å². The lowest BCUT2D eigenvalue weighted by atomic mass is 10.00. The van der Waals surface area contributed by atoms with Crippen LogP contribution in [0.4, 0.5) is 0 Å². The summed E-state index contributed by atoms with van der Waals surface area (Å²) in [6.45, 7) is 5.66. The van der Waals surface area contributed by atoms with E-state index in [1.807, 2.05) is 24.8 Å². The number of carbonyl (C=O) groups is 1. The molecule has 1 saturated heterocycles. The fraction of sp³-hybridized carbons (Fsp3) is 0.462. The molecule has 102 valence electrons. The van der Waals surface area contributed by atoms with Crippen LogP contribution < -0.4 is 4.74 Å². The van der Waals surface area contributed by atoms with E-state index in [-0.39, 0.29) is 5.91 Å². The fourth-order valence-electron chi connectivity index (χ4n) is 1.81. The molecule has 0 atom stereocenters. The van der Waals surface area contributed by atoms with Gasteiger partial charge in [0.1, 0.15) is 0 Å². The topological polar surface area (TPSA) is 55.3 Å². The Labute approximate surface area is 117 Å². The van der Waals surface area contributed by atoms with E-state index in [4.69, 9.17) is 16.3 Å². The first-order valence-electron chi connectivity index (χ1n) is 6.12. The second kappa shape index (κ2) is 6.02.